The molecule has 1 atom stereocenters. The number of Topliss-reactive ketones (excluding diaryl/α,β-unsaturated/α-hetero) is 1. The Kier molecular flexibility index (Phi) is 4.97. The van der Waals surface area contributed by atoms with Gasteiger partial charge in [-0.15, -0.1) is 11.3 Å². The van der Waals surface area contributed by atoms with Crippen LogP contribution in [0.2, 0.25) is 0 Å². The Balaban J connectivity index is 2.14. The topological polar surface area (TPSA) is 89.5 Å². The number of H-pyrrole nitrogens is 1. The van der Waals surface area contributed by atoms with Crippen LogP contribution in [0.1, 0.15) is 27.9 Å². The van der Waals surface area contributed by atoms with Gasteiger partial charge in [0.05, 0.1) is 22.9 Å². The van der Waals surface area contributed by atoms with Crippen LogP contribution in [-0.4, -0.2) is 64.0 Å². The van der Waals surface area contributed by atoms with Crippen LogP contribution < -0.4 is 0 Å². The fourth-order valence-corrected chi connectivity index (χ4v) is 4.04. The minimum Gasteiger partial charge on any atom is -0.507 e. The average molecular weight is 374 g/mol. The molecule has 0 saturated carbocycles. The largest absolute Gasteiger partial charge is 0.507 e. The van der Waals surface area contributed by atoms with E-state index in [0.717, 1.165) is 4.88 Å². The van der Waals surface area contributed by atoms with Gasteiger partial charge in [0.25, 0.3) is 11.7 Å². The molecule has 138 valence electrons. The highest BCUT2D eigenvalue weighted by Crippen LogP contribution is 2.41. The van der Waals surface area contributed by atoms with Crippen molar-refractivity contribution in [3.05, 3.63) is 44.9 Å². The van der Waals surface area contributed by atoms with E-state index < -0.39 is 17.7 Å². The van der Waals surface area contributed by atoms with E-state index in [9.17, 15) is 14.7 Å². The van der Waals surface area contributed by atoms with E-state index in [4.69, 9.17) is 0 Å². The summed E-state index contributed by atoms with van der Waals surface area (Å²) < 4.78 is 0. The van der Waals surface area contributed by atoms with Gasteiger partial charge in [-0.05, 0) is 39.4 Å². The summed E-state index contributed by atoms with van der Waals surface area (Å²) in [6, 6.07) is 3.18. The normalized spacial score (nSPS) is 19.7. The summed E-state index contributed by atoms with van der Waals surface area (Å²) in [6.45, 7) is 4.55. The number of hydrogen-bond donors (Lipinski definition) is 2. The number of aromatic amines is 1. The van der Waals surface area contributed by atoms with Gasteiger partial charge < -0.3 is 14.9 Å². The standard InChI is InChI=1S/C18H22N4O3S/c1-10-13(11(2)20-19-10)16(23)14-15(12-6-5-9-26-12)22(8-7-21(3)4)18(25)17(14)24/h5-6,9,15,23H,7-8H2,1-4H3,(H,19,20)/t15-/m0/s1. The number of nitrogens with zero attached hydrogens (tertiary/aromatic N) is 3. The highest BCUT2D eigenvalue weighted by molar-refractivity contribution is 7.10. The molecule has 1 aliphatic rings. The van der Waals surface area contributed by atoms with E-state index in [1.807, 2.05) is 36.5 Å². The smallest absolute Gasteiger partial charge is 0.295 e. The van der Waals surface area contributed by atoms with Gasteiger partial charge in [-0.2, -0.15) is 5.10 Å². The Hall–Kier alpha value is -2.45. The molecule has 1 amide bonds. The van der Waals surface area contributed by atoms with Gasteiger partial charge in [0, 0.05) is 23.7 Å². The van der Waals surface area contributed by atoms with Gasteiger partial charge in [-0.3, -0.25) is 14.7 Å². The van der Waals surface area contributed by atoms with Crippen LogP contribution >= 0.6 is 11.3 Å². The number of likely N-dealkylation sites (N-methyl/N-ethyl adjacent to an activating group) is 1. The Bertz CT molecular complexity index is 848. The second-order valence-corrected chi connectivity index (χ2v) is 7.60. The predicted molar refractivity (Wildman–Crippen MR) is 99.9 cm³/mol. The zero-order valence-corrected chi connectivity index (χ0v) is 16.1. The fourth-order valence-electron chi connectivity index (χ4n) is 3.20. The van der Waals surface area contributed by atoms with E-state index in [1.165, 1.54) is 11.3 Å². The predicted octanol–water partition coefficient (Wildman–Crippen LogP) is 2.07. The molecule has 0 bridgehead atoms. The summed E-state index contributed by atoms with van der Waals surface area (Å²) in [5.41, 5.74) is 1.86. The van der Waals surface area contributed by atoms with Gasteiger partial charge in [0.1, 0.15) is 5.76 Å². The van der Waals surface area contributed by atoms with E-state index in [2.05, 4.69) is 10.2 Å². The molecule has 7 nitrogen and oxygen atoms in total. The maximum absolute atomic E-state index is 12.8. The third-order valence-corrected chi connectivity index (χ3v) is 5.43. The molecule has 1 fully saturated rings. The molecular weight excluding hydrogens is 352 g/mol. The van der Waals surface area contributed by atoms with Crippen molar-refractivity contribution in [2.45, 2.75) is 19.9 Å². The molecule has 0 aromatic carbocycles. The first kappa shape index (κ1) is 18.3. The van der Waals surface area contributed by atoms with Crippen molar-refractivity contribution in [3.63, 3.8) is 0 Å². The number of nitrogens with one attached hydrogen (secondary N) is 1. The van der Waals surface area contributed by atoms with Crippen molar-refractivity contribution in [2.24, 2.45) is 0 Å². The number of aliphatic hydroxyl groups excluding tert-OH is 1. The average Bonchev–Trinajstić information content (AvgIpc) is 3.27. The highest BCUT2D eigenvalue weighted by Gasteiger charge is 2.46. The molecule has 2 N–H and O–H groups in total. The van der Waals surface area contributed by atoms with Crippen LogP contribution in [0.25, 0.3) is 5.76 Å². The molecule has 8 heteroatoms. The summed E-state index contributed by atoms with van der Waals surface area (Å²) in [6.07, 6.45) is 0. The number of aryl methyl sites for hydroxylation is 2. The quantitative estimate of drug-likeness (QED) is 0.475. The number of aliphatic hydroxyl groups is 1. The Morgan fingerprint density at radius 3 is 2.65 bits per heavy atom. The van der Waals surface area contributed by atoms with Crippen LogP contribution in [0, 0.1) is 13.8 Å². The second kappa shape index (κ2) is 7.05. The first-order chi connectivity index (χ1) is 12.3. The molecule has 0 radical (unpaired) electrons. The summed E-state index contributed by atoms with van der Waals surface area (Å²) >= 11 is 1.46. The van der Waals surface area contributed by atoms with Crippen LogP contribution in [0.15, 0.2) is 23.1 Å². The van der Waals surface area contributed by atoms with Gasteiger partial charge in [-0.1, -0.05) is 6.07 Å². The van der Waals surface area contributed by atoms with Crippen LogP contribution in [-0.2, 0) is 9.59 Å². The molecule has 3 heterocycles. The van der Waals surface area contributed by atoms with E-state index >= 15 is 0 Å². The van der Waals surface area contributed by atoms with Crippen molar-refractivity contribution in [1.82, 2.24) is 20.0 Å². The summed E-state index contributed by atoms with van der Waals surface area (Å²) in [5.74, 6) is -1.40. The Morgan fingerprint density at radius 1 is 1.38 bits per heavy atom. The third kappa shape index (κ3) is 3.06. The number of likely N-dealkylation sites (tertiary alicyclic amines) is 1. The Labute approximate surface area is 155 Å². The maximum atomic E-state index is 12.8. The highest BCUT2D eigenvalue weighted by atomic mass is 32.1. The van der Waals surface area contributed by atoms with Gasteiger partial charge in [0.15, 0.2) is 0 Å². The molecule has 1 aliphatic heterocycles. The maximum Gasteiger partial charge on any atom is 0.295 e. The van der Waals surface area contributed by atoms with Crippen molar-refractivity contribution in [2.75, 3.05) is 27.2 Å². The zero-order valence-electron chi connectivity index (χ0n) is 15.2. The van der Waals surface area contributed by atoms with Crippen molar-refractivity contribution < 1.29 is 14.7 Å². The molecule has 0 spiro atoms. The molecule has 1 saturated heterocycles. The summed E-state index contributed by atoms with van der Waals surface area (Å²) in [7, 11) is 3.82. The number of hydrogen-bond acceptors (Lipinski definition) is 6. The lowest BCUT2D eigenvalue weighted by Gasteiger charge is -2.25. The van der Waals surface area contributed by atoms with Crippen molar-refractivity contribution in [3.8, 4) is 0 Å². The lowest BCUT2D eigenvalue weighted by atomic mass is 9.99. The van der Waals surface area contributed by atoms with E-state index in [1.54, 1.807) is 18.7 Å². The monoisotopic (exact) mass is 374 g/mol. The number of carbonyl (C=O) groups excluding carboxylic acids is 2. The van der Waals surface area contributed by atoms with Crippen LogP contribution in [0.5, 0.6) is 0 Å². The van der Waals surface area contributed by atoms with Gasteiger partial charge in [-0.25, -0.2) is 0 Å². The SMILES string of the molecule is Cc1n[nH]c(C)c1C(O)=C1C(=O)C(=O)N(CCN(C)C)[C@H]1c1cccs1. The molecule has 0 unspecified atom stereocenters. The second-order valence-electron chi connectivity index (χ2n) is 6.62. The van der Waals surface area contributed by atoms with Gasteiger partial charge in [0.2, 0.25) is 0 Å². The third-order valence-electron chi connectivity index (χ3n) is 4.51. The minimum atomic E-state index is -0.653. The molecule has 2 aromatic rings. The first-order valence-electron chi connectivity index (χ1n) is 8.31. The van der Waals surface area contributed by atoms with Crippen molar-refractivity contribution in [1.29, 1.82) is 0 Å². The van der Waals surface area contributed by atoms with Gasteiger partial charge >= 0.3 is 0 Å². The first-order valence-corrected chi connectivity index (χ1v) is 9.19. The summed E-state index contributed by atoms with van der Waals surface area (Å²) in [4.78, 5) is 29.8. The molecular formula is C18H22N4O3S. The van der Waals surface area contributed by atoms with Crippen LogP contribution in [0.3, 0.4) is 0 Å². The zero-order chi connectivity index (χ0) is 19.0. The molecule has 26 heavy (non-hydrogen) atoms. The Morgan fingerprint density at radius 2 is 2.12 bits per heavy atom. The lowest BCUT2D eigenvalue weighted by molar-refractivity contribution is -0.140. The fraction of sp³-hybridized carbons (Fsp3) is 0.389. The number of amides is 1. The van der Waals surface area contributed by atoms with E-state index in [0.29, 0.717) is 30.0 Å². The number of ketones is 1. The molecule has 3 rings (SSSR count). The number of aromatic nitrogens is 2. The number of rotatable bonds is 5. The lowest BCUT2D eigenvalue weighted by Crippen LogP contribution is -2.35. The minimum absolute atomic E-state index is 0.129. The molecule has 2 aromatic heterocycles. The molecule has 0 aliphatic carbocycles. The summed E-state index contributed by atoms with van der Waals surface area (Å²) in [5, 5.41) is 19.7. The number of thiophene rings is 1. The van der Waals surface area contributed by atoms with Crippen molar-refractivity contribution >= 4 is 28.8 Å². The van der Waals surface area contributed by atoms with Crippen LogP contribution in [0.4, 0.5) is 0 Å². The van der Waals surface area contributed by atoms with E-state index in [-0.39, 0.29) is 11.3 Å². The number of carbonyl (C=O) groups is 2.